The van der Waals surface area contributed by atoms with Gasteiger partial charge in [-0.15, -0.1) is 0 Å². The van der Waals surface area contributed by atoms with E-state index in [9.17, 15) is 8.42 Å². The number of thiocarbonyl (C=S) groups is 1. The number of benzene rings is 1. The van der Waals surface area contributed by atoms with Crippen LogP contribution in [0.15, 0.2) is 23.1 Å². The van der Waals surface area contributed by atoms with Crippen molar-refractivity contribution in [2.45, 2.75) is 18.7 Å². The minimum absolute atomic E-state index is 0.373. The molecule has 9 heteroatoms. The van der Waals surface area contributed by atoms with Gasteiger partial charge in [-0.25, -0.2) is 8.42 Å². The summed E-state index contributed by atoms with van der Waals surface area (Å²) in [6, 6.07) is 5.33. The van der Waals surface area contributed by atoms with Crippen molar-refractivity contribution in [2.75, 3.05) is 65.6 Å². The molecule has 0 bridgehead atoms. The van der Waals surface area contributed by atoms with Crippen molar-refractivity contribution in [1.82, 2.24) is 14.5 Å². The molecule has 2 N–H and O–H groups in total. The van der Waals surface area contributed by atoms with E-state index in [4.69, 9.17) is 17.0 Å². The fraction of sp³-hybridized carbons (Fsp3) is 0.632. The minimum Gasteiger partial charge on any atom is -0.370 e. The lowest BCUT2D eigenvalue weighted by Crippen LogP contribution is -3.14. The number of nitrogens with zero attached hydrogens (tertiary/aromatic N) is 2. The first-order valence-electron chi connectivity index (χ1n) is 9.89. The molecule has 0 aliphatic carbocycles. The minimum atomic E-state index is -3.45. The van der Waals surface area contributed by atoms with Gasteiger partial charge < -0.3 is 19.9 Å². The number of morpholine rings is 1. The number of rotatable bonds is 5. The molecule has 0 unspecified atom stereocenters. The van der Waals surface area contributed by atoms with E-state index in [-0.39, 0.29) is 0 Å². The predicted molar refractivity (Wildman–Crippen MR) is 113 cm³/mol. The molecule has 2 heterocycles. The molecule has 2 saturated heterocycles. The van der Waals surface area contributed by atoms with Crippen LogP contribution < -0.4 is 10.2 Å². The maximum absolute atomic E-state index is 12.9. The normalized spacial score (nSPS) is 19.6. The number of quaternary nitrogens is 1. The van der Waals surface area contributed by atoms with Crippen LogP contribution in [0.4, 0.5) is 0 Å². The molecular formula is C19H31N4O3S2+. The average Bonchev–Trinajstić information content (AvgIpc) is 2.71. The van der Waals surface area contributed by atoms with Crippen LogP contribution in [0, 0.1) is 13.8 Å². The predicted octanol–water partition coefficient (Wildman–Crippen LogP) is -0.601. The number of aryl methyl sites for hydroxylation is 2. The maximum Gasteiger partial charge on any atom is 0.243 e. The van der Waals surface area contributed by atoms with Crippen LogP contribution in [0.25, 0.3) is 0 Å². The lowest BCUT2D eigenvalue weighted by Gasteiger charge is -2.35. The largest absolute Gasteiger partial charge is 0.370 e. The van der Waals surface area contributed by atoms with Crippen LogP contribution in [0.1, 0.15) is 11.1 Å². The molecule has 28 heavy (non-hydrogen) atoms. The maximum atomic E-state index is 12.9. The van der Waals surface area contributed by atoms with E-state index in [2.05, 4.69) is 10.2 Å². The second kappa shape index (κ2) is 9.49. The summed E-state index contributed by atoms with van der Waals surface area (Å²) in [7, 11) is -3.45. The number of ether oxygens (including phenoxy) is 1. The topological polar surface area (TPSA) is 66.3 Å². The summed E-state index contributed by atoms with van der Waals surface area (Å²) in [5, 5.41) is 4.04. The Labute approximate surface area is 173 Å². The van der Waals surface area contributed by atoms with Gasteiger partial charge in [-0.05, 0) is 49.3 Å². The number of hydrogen-bond donors (Lipinski definition) is 2. The summed E-state index contributed by atoms with van der Waals surface area (Å²) in [4.78, 5) is 3.97. The van der Waals surface area contributed by atoms with Crippen LogP contribution in [0.5, 0.6) is 0 Å². The molecule has 2 aliphatic heterocycles. The highest BCUT2D eigenvalue weighted by molar-refractivity contribution is 7.89. The zero-order valence-corrected chi connectivity index (χ0v) is 18.4. The molecule has 0 amide bonds. The first-order chi connectivity index (χ1) is 13.4. The summed E-state index contributed by atoms with van der Waals surface area (Å²) in [5.41, 5.74) is 2.09. The van der Waals surface area contributed by atoms with Crippen LogP contribution >= 0.6 is 12.2 Å². The highest BCUT2D eigenvalue weighted by Crippen LogP contribution is 2.20. The summed E-state index contributed by atoms with van der Waals surface area (Å²) in [5.74, 6) is 0. The summed E-state index contributed by atoms with van der Waals surface area (Å²) >= 11 is 5.51. The van der Waals surface area contributed by atoms with Gasteiger partial charge in [0.05, 0.1) is 31.2 Å². The Morgan fingerprint density at radius 3 is 2.46 bits per heavy atom. The molecule has 0 saturated carbocycles. The van der Waals surface area contributed by atoms with Crippen molar-refractivity contribution in [3.63, 3.8) is 0 Å². The van der Waals surface area contributed by atoms with Gasteiger partial charge in [0.15, 0.2) is 5.11 Å². The van der Waals surface area contributed by atoms with Gasteiger partial charge in [0.25, 0.3) is 0 Å². The van der Waals surface area contributed by atoms with Gasteiger partial charge in [0.1, 0.15) is 13.1 Å². The fourth-order valence-corrected chi connectivity index (χ4v) is 5.32. The number of nitrogens with one attached hydrogen (secondary N) is 2. The Bertz CT molecular complexity index is 786. The van der Waals surface area contributed by atoms with Crippen molar-refractivity contribution < 1.29 is 18.1 Å². The van der Waals surface area contributed by atoms with Crippen molar-refractivity contribution in [3.8, 4) is 0 Å². The van der Waals surface area contributed by atoms with E-state index in [1.54, 1.807) is 16.4 Å². The second-order valence-electron chi connectivity index (χ2n) is 7.48. The van der Waals surface area contributed by atoms with Gasteiger partial charge in [0, 0.05) is 26.2 Å². The fourth-order valence-electron chi connectivity index (χ4n) is 3.52. The molecule has 0 radical (unpaired) electrons. The van der Waals surface area contributed by atoms with E-state index in [1.165, 1.54) is 4.90 Å². The molecule has 156 valence electrons. The third kappa shape index (κ3) is 5.21. The molecule has 2 fully saturated rings. The Hall–Kier alpha value is -1.26. The van der Waals surface area contributed by atoms with E-state index >= 15 is 0 Å². The Kier molecular flexibility index (Phi) is 7.27. The van der Waals surface area contributed by atoms with Gasteiger partial charge in [-0.3, -0.25) is 0 Å². The molecule has 3 rings (SSSR count). The van der Waals surface area contributed by atoms with Gasteiger partial charge in [-0.1, -0.05) is 6.07 Å². The highest BCUT2D eigenvalue weighted by atomic mass is 32.2. The molecule has 0 spiro atoms. The van der Waals surface area contributed by atoms with Crippen LogP contribution in [0.2, 0.25) is 0 Å². The lowest BCUT2D eigenvalue weighted by atomic mass is 10.1. The first-order valence-corrected chi connectivity index (χ1v) is 11.7. The van der Waals surface area contributed by atoms with Crippen molar-refractivity contribution in [3.05, 3.63) is 29.3 Å². The third-order valence-corrected chi connectivity index (χ3v) is 7.89. The smallest absolute Gasteiger partial charge is 0.243 e. The SMILES string of the molecule is Cc1ccc(S(=O)(=O)N2CCN(C(=S)NCC[NH+]3CCOCC3)CC2)cc1C. The summed E-state index contributed by atoms with van der Waals surface area (Å²) in [6.45, 7) is 11.6. The number of piperazine rings is 1. The highest BCUT2D eigenvalue weighted by Gasteiger charge is 2.29. The monoisotopic (exact) mass is 427 g/mol. The number of hydrogen-bond acceptors (Lipinski definition) is 4. The molecule has 7 nitrogen and oxygen atoms in total. The summed E-state index contributed by atoms with van der Waals surface area (Å²) < 4.78 is 32.8. The van der Waals surface area contributed by atoms with Crippen LogP contribution in [-0.2, 0) is 14.8 Å². The van der Waals surface area contributed by atoms with Crippen LogP contribution in [-0.4, -0.2) is 88.3 Å². The van der Waals surface area contributed by atoms with Crippen molar-refractivity contribution in [1.29, 1.82) is 0 Å². The zero-order valence-electron chi connectivity index (χ0n) is 16.7. The second-order valence-corrected chi connectivity index (χ2v) is 9.81. The first kappa shape index (κ1) is 21.4. The standard InChI is InChI=1S/C19H30N4O3S2/c1-16-3-4-18(15-17(16)2)28(24,25)23-9-7-22(8-10-23)19(27)20-5-6-21-11-13-26-14-12-21/h3-4,15H,5-14H2,1-2H3,(H,20,27)/p+1. The van der Waals surface area contributed by atoms with Gasteiger partial charge >= 0.3 is 0 Å². The zero-order chi connectivity index (χ0) is 20.1. The Balaban J connectivity index is 1.47. The van der Waals surface area contributed by atoms with E-state index < -0.39 is 10.0 Å². The summed E-state index contributed by atoms with van der Waals surface area (Å²) in [6.07, 6.45) is 0. The third-order valence-electron chi connectivity index (χ3n) is 5.60. The van der Waals surface area contributed by atoms with E-state index in [1.807, 2.05) is 19.9 Å². The van der Waals surface area contributed by atoms with Gasteiger partial charge in [-0.2, -0.15) is 4.31 Å². The number of sulfonamides is 1. The Morgan fingerprint density at radius 1 is 1.14 bits per heavy atom. The van der Waals surface area contributed by atoms with E-state index in [0.29, 0.717) is 31.1 Å². The molecule has 0 aromatic heterocycles. The molecule has 0 atom stereocenters. The van der Waals surface area contributed by atoms with Crippen LogP contribution in [0.3, 0.4) is 0 Å². The molecule has 1 aromatic rings. The molecular weight excluding hydrogens is 396 g/mol. The quantitative estimate of drug-likeness (QED) is 0.612. The van der Waals surface area contributed by atoms with E-state index in [0.717, 1.165) is 55.6 Å². The Morgan fingerprint density at radius 2 is 1.82 bits per heavy atom. The molecule has 1 aromatic carbocycles. The van der Waals surface area contributed by atoms with Crippen molar-refractivity contribution in [2.24, 2.45) is 0 Å². The van der Waals surface area contributed by atoms with Crippen molar-refractivity contribution >= 4 is 27.4 Å². The molecule has 2 aliphatic rings. The lowest BCUT2D eigenvalue weighted by molar-refractivity contribution is -0.906. The van der Waals surface area contributed by atoms with Gasteiger partial charge in [0.2, 0.25) is 10.0 Å². The average molecular weight is 428 g/mol.